The summed E-state index contributed by atoms with van der Waals surface area (Å²) in [5.74, 6) is 0.100. The number of aromatic nitrogens is 3. The molecule has 26 heavy (non-hydrogen) atoms. The summed E-state index contributed by atoms with van der Waals surface area (Å²) in [7, 11) is 1.53. The summed E-state index contributed by atoms with van der Waals surface area (Å²) < 4.78 is 6.97. The van der Waals surface area contributed by atoms with Gasteiger partial charge in [-0.1, -0.05) is 38.5 Å². The lowest BCUT2D eigenvalue weighted by molar-refractivity contribution is 0.101. The lowest BCUT2D eigenvalue weighted by Crippen LogP contribution is -2.14. The van der Waals surface area contributed by atoms with Crippen LogP contribution in [0.25, 0.3) is 5.69 Å². The van der Waals surface area contributed by atoms with Crippen molar-refractivity contribution in [1.29, 1.82) is 0 Å². The van der Waals surface area contributed by atoms with Crippen molar-refractivity contribution in [3.8, 4) is 11.4 Å². The fourth-order valence-electron chi connectivity index (χ4n) is 2.68. The van der Waals surface area contributed by atoms with Crippen LogP contribution in [0, 0.1) is 0 Å². The van der Waals surface area contributed by atoms with E-state index in [0.29, 0.717) is 10.9 Å². The molecule has 0 aliphatic heterocycles. The van der Waals surface area contributed by atoms with E-state index >= 15 is 0 Å². The fourth-order valence-corrected chi connectivity index (χ4v) is 3.62. The number of carbonyl (C=O) groups is 1. The van der Waals surface area contributed by atoms with Crippen molar-refractivity contribution in [2.75, 3.05) is 12.4 Å². The average Bonchev–Trinajstić information content (AvgIpc) is 3.26. The summed E-state index contributed by atoms with van der Waals surface area (Å²) >= 11 is 1.52. The van der Waals surface area contributed by atoms with Crippen LogP contribution >= 0.6 is 11.3 Å². The maximum atomic E-state index is 12.7. The zero-order chi connectivity index (χ0) is 18.5. The van der Waals surface area contributed by atoms with E-state index in [4.69, 9.17) is 4.74 Å². The quantitative estimate of drug-likeness (QED) is 0.680. The minimum absolute atomic E-state index is 0.238. The van der Waals surface area contributed by atoms with Gasteiger partial charge in [-0.25, -0.2) is 9.67 Å². The lowest BCUT2D eigenvalue weighted by Gasteiger charge is -2.01. The Morgan fingerprint density at radius 3 is 2.69 bits per heavy atom. The highest BCUT2D eigenvalue weighted by Gasteiger charge is 2.20. The van der Waals surface area contributed by atoms with Gasteiger partial charge in [0.25, 0.3) is 5.91 Å². The van der Waals surface area contributed by atoms with Crippen LogP contribution in [0.3, 0.4) is 0 Å². The number of amides is 1. The Kier molecular flexibility index (Phi) is 5.68. The predicted octanol–water partition coefficient (Wildman–Crippen LogP) is 4.10. The van der Waals surface area contributed by atoms with E-state index in [1.54, 1.807) is 10.9 Å². The van der Waals surface area contributed by atoms with Gasteiger partial charge in [0.2, 0.25) is 0 Å². The van der Waals surface area contributed by atoms with Crippen LogP contribution in [0.2, 0.25) is 0 Å². The molecule has 2 heterocycles. The molecule has 6 nitrogen and oxygen atoms in total. The van der Waals surface area contributed by atoms with Crippen molar-refractivity contribution in [2.24, 2.45) is 0 Å². The first-order chi connectivity index (χ1) is 12.7. The molecular weight excluding hydrogens is 348 g/mol. The Morgan fingerprint density at radius 1 is 1.27 bits per heavy atom. The second-order valence-electron chi connectivity index (χ2n) is 5.77. The second kappa shape index (κ2) is 8.14. The molecule has 0 bridgehead atoms. The maximum absolute atomic E-state index is 12.7. The summed E-state index contributed by atoms with van der Waals surface area (Å²) in [5.41, 5.74) is 2.16. The number of rotatable bonds is 7. The largest absolute Gasteiger partial charge is 0.493 e. The van der Waals surface area contributed by atoms with Gasteiger partial charge in [0.15, 0.2) is 16.6 Å². The molecule has 1 N–H and O–H groups in total. The first kappa shape index (κ1) is 18.1. The molecule has 0 unspecified atom stereocenters. The van der Waals surface area contributed by atoms with E-state index < -0.39 is 0 Å². The van der Waals surface area contributed by atoms with Crippen molar-refractivity contribution in [3.63, 3.8) is 0 Å². The molecule has 0 radical (unpaired) electrons. The molecule has 2 aromatic heterocycles. The van der Waals surface area contributed by atoms with Gasteiger partial charge in [-0.3, -0.25) is 10.1 Å². The molecule has 0 aliphatic rings. The number of thiazole rings is 1. The van der Waals surface area contributed by atoms with Gasteiger partial charge in [-0.15, -0.1) is 11.3 Å². The number of nitrogens with one attached hydrogen (secondary N) is 1. The number of ether oxygens (including phenoxy) is 1. The third-order valence-corrected chi connectivity index (χ3v) is 5.10. The minimum atomic E-state index is -0.323. The molecule has 1 aromatic carbocycles. The Balaban J connectivity index is 1.85. The molecule has 0 aliphatic carbocycles. The number of benzene rings is 1. The Morgan fingerprint density at radius 2 is 2.04 bits per heavy atom. The van der Waals surface area contributed by atoms with Gasteiger partial charge < -0.3 is 4.74 Å². The number of anilines is 1. The normalized spacial score (nSPS) is 10.7. The topological polar surface area (TPSA) is 69.0 Å². The minimum Gasteiger partial charge on any atom is -0.493 e. The monoisotopic (exact) mass is 370 g/mol. The van der Waals surface area contributed by atoms with Crippen LogP contribution < -0.4 is 10.1 Å². The zero-order valence-electron chi connectivity index (χ0n) is 15.2. The van der Waals surface area contributed by atoms with Crippen LogP contribution in [0.4, 0.5) is 5.13 Å². The van der Waals surface area contributed by atoms with E-state index in [0.717, 1.165) is 30.6 Å². The summed E-state index contributed by atoms with van der Waals surface area (Å²) in [6.07, 6.45) is 4.56. The highest BCUT2D eigenvalue weighted by atomic mass is 32.1. The van der Waals surface area contributed by atoms with E-state index in [1.165, 1.54) is 23.3 Å². The first-order valence-corrected chi connectivity index (χ1v) is 9.46. The summed E-state index contributed by atoms with van der Waals surface area (Å²) in [4.78, 5) is 18.5. The standard InChI is InChI=1S/C19H22N4O2S/c1-4-9-14-16(5-2)26-19(20-14)21-18(24)17-15(25-3)12-23(22-17)13-10-7-6-8-11-13/h6-8,10-12H,4-5,9H2,1-3H3,(H,20,21,24). The van der Waals surface area contributed by atoms with E-state index in [2.05, 4.69) is 29.2 Å². The van der Waals surface area contributed by atoms with E-state index in [9.17, 15) is 4.79 Å². The molecule has 0 saturated carbocycles. The summed E-state index contributed by atoms with van der Waals surface area (Å²) in [5, 5.41) is 7.86. The number of methoxy groups -OCH3 is 1. The molecule has 7 heteroatoms. The van der Waals surface area contributed by atoms with Gasteiger partial charge >= 0.3 is 0 Å². The molecule has 3 rings (SSSR count). The Bertz CT molecular complexity index is 886. The Hall–Kier alpha value is -2.67. The third-order valence-electron chi connectivity index (χ3n) is 3.94. The average molecular weight is 370 g/mol. The van der Waals surface area contributed by atoms with Gasteiger partial charge in [0.1, 0.15) is 0 Å². The predicted molar refractivity (Wildman–Crippen MR) is 104 cm³/mol. The molecule has 0 saturated heterocycles. The number of aryl methyl sites for hydroxylation is 2. The van der Waals surface area contributed by atoms with Gasteiger partial charge in [0.05, 0.1) is 24.7 Å². The van der Waals surface area contributed by atoms with Gasteiger partial charge in [-0.05, 0) is 25.0 Å². The van der Waals surface area contributed by atoms with Gasteiger partial charge in [0, 0.05) is 4.88 Å². The first-order valence-electron chi connectivity index (χ1n) is 8.65. The maximum Gasteiger partial charge on any atom is 0.281 e. The van der Waals surface area contributed by atoms with Crippen LogP contribution in [-0.4, -0.2) is 27.8 Å². The zero-order valence-corrected chi connectivity index (χ0v) is 16.0. The van der Waals surface area contributed by atoms with Crippen molar-refractivity contribution >= 4 is 22.4 Å². The number of hydrogen-bond donors (Lipinski definition) is 1. The van der Waals surface area contributed by atoms with Gasteiger partial charge in [-0.2, -0.15) is 5.10 Å². The fraction of sp³-hybridized carbons (Fsp3) is 0.316. The third kappa shape index (κ3) is 3.77. The Labute approximate surface area is 156 Å². The smallest absolute Gasteiger partial charge is 0.281 e. The molecule has 0 atom stereocenters. The number of carbonyl (C=O) groups excluding carboxylic acids is 1. The van der Waals surface area contributed by atoms with Crippen LogP contribution in [-0.2, 0) is 12.8 Å². The van der Waals surface area contributed by atoms with Crippen LogP contribution in [0.15, 0.2) is 36.5 Å². The van der Waals surface area contributed by atoms with E-state index in [1.807, 2.05) is 30.3 Å². The molecule has 0 fully saturated rings. The van der Waals surface area contributed by atoms with E-state index in [-0.39, 0.29) is 11.6 Å². The number of nitrogens with zero attached hydrogens (tertiary/aromatic N) is 3. The van der Waals surface area contributed by atoms with Crippen LogP contribution in [0.1, 0.15) is 41.3 Å². The number of hydrogen-bond acceptors (Lipinski definition) is 5. The molecule has 136 valence electrons. The second-order valence-corrected chi connectivity index (χ2v) is 6.86. The van der Waals surface area contributed by atoms with Crippen molar-refractivity contribution < 1.29 is 9.53 Å². The molecule has 3 aromatic rings. The van der Waals surface area contributed by atoms with Crippen molar-refractivity contribution in [2.45, 2.75) is 33.1 Å². The molecule has 1 amide bonds. The highest BCUT2D eigenvalue weighted by molar-refractivity contribution is 7.15. The lowest BCUT2D eigenvalue weighted by atomic mass is 10.2. The summed E-state index contributed by atoms with van der Waals surface area (Å²) in [6.45, 7) is 4.22. The van der Waals surface area contributed by atoms with Crippen molar-refractivity contribution in [3.05, 3.63) is 52.8 Å². The van der Waals surface area contributed by atoms with Crippen molar-refractivity contribution in [1.82, 2.24) is 14.8 Å². The van der Waals surface area contributed by atoms with Crippen LogP contribution in [0.5, 0.6) is 5.75 Å². The number of para-hydroxylation sites is 1. The summed E-state index contributed by atoms with van der Waals surface area (Å²) in [6, 6.07) is 9.60. The highest BCUT2D eigenvalue weighted by Crippen LogP contribution is 2.26. The molecular formula is C19H22N4O2S. The molecule has 0 spiro atoms. The SMILES string of the molecule is CCCc1nc(NC(=O)c2nn(-c3ccccc3)cc2OC)sc1CC.